The fourth-order valence-electron chi connectivity index (χ4n) is 3.15. The molecule has 4 rings (SSSR count). The van der Waals surface area contributed by atoms with Crippen molar-refractivity contribution in [2.24, 2.45) is 0 Å². The number of benzene rings is 2. The zero-order chi connectivity index (χ0) is 18.8. The van der Waals surface area contributed by atoms with Gasteiger partial charge >= 0.3 is 11.9 Å². The first-order chi connectivity index (χ1) is 13.2. The predicted octanol–water partition coefficient (Wildman–Crippen LogP) is 4.37. The maximum absolute atomic E-state index is 12.6. The number of rotatable bonds is 5. The number of thioether (sulfide) groups is 1. The van der Waals surface area contributed by atoms with Crippen molar-refractivity contribution >= 4 is 34.7 Å². The van der Waals surface area contributed by atoms with Crippen LogP contribution in [0.4, 0.5) is 0 Å². The highest BCUT2D eigenvalue weighted by Crippen LogP contribution is 2.37. The van der Waals surface area contributed by atoms with Crippen LogP contribution in [-0.2, 0) is 27.3 Å². The van der Waals surface area contributed by atoms with Crippen LogP contribution in [0.1, 0.15) is 28.6 Å². The zero-order valence-corrected chi connectivity index (χ0v) is 15.6. The van der Waals surface area contributed by atoms with Crippen LogP contribution in [0.5, 0.6) is 0 Å². The molecule has 0 N–H and O–H groups in total. The molecule has 0 bridgehead atoms. The lowest BCUT2D eigenvalue weighted by Crippen LogP contribution is -2.20. The van der Waals surface area contributed by atoms with Crippen LogP contribution in [0.2, 0.25) is 0 Å². The lowest BCUT2D eigenvalue weighted by atomic mass is 10.1. The van der Waals surface area contributed by atoms with Crippen molar-refractivity contribution in [2.75, 3.05) is 6.61 Å². The number of esters is 2. The molecular formula is C21H18O5S. The van der Waals surface area contributed by atoms with Crippen LogP contribution in [0.15, 0.2) is 57.8 Å². The third-order valence-corrected chi connectivity index (χ3v) is 5.72. The van der Waals surface area contributed by atoms with E-state index in [0.717, 1.165) is 15.8 Å². The molecule has 1 aliphatic heterocycles. The van der Waals surface area contributed by atoms with Crippen molar-refractivity contribution < 1.29 is 23.5 Å². The minimum Gasteiger partial charge on any atom is -0.460 e. The topological polar surface area (TPSA) is 65.7 Å². The molecule has 0 amide bonds. The summed E-state index contributed by atoms with van der Waals surface area (Å²) in [6.45, 7) is 1.94. The molecular weight excluding hydrogens is 364 g/mol. The van der Waals surface area contributed by atoms with E-state index in [1.807, 2.05) is 42.5 Å². The molecule has 6 heteroatoms. The molecule has 138 valence electrons. The van der Waals surface area contributed by atoms with E-state index >= 15 is 0 Å². The van der Waals surface area contributed by atoms with Gasteiger partial charge in [-0.15, -0.1) is 11.8 Å². The van der Waals surface area contributed by atoms with Crippen molar-refractivity contribution in [2.45, 2.75) is 30.1 Å². The second-order valence-electron chi connectivity index (χ2n) is 6.15. The maximum Gasteiger partial charge on any atom is 0.374 e. The van der Waals surface area contributed by atoms with Gasteiger partial charge in [0.25, 0.3) is 0 Å². The van der Waals surface area contributed by atoms with Gasteiger partial charge in [-0.2, -0.15) is 0 Å². The number of furan rings is 1. The van der Waals surface area contributed by atoms with E-state index in [9.17, 15) is 9.59 Å². The van der Waals surface area contributed by atoms with E-state index in [1.54, 1.807) is 13.0 Å². The smallest absolute Gasteiger partial charge is 0.374 e. The second kappa shape index (κ2) is 7.48. The third-order valence-electron chi connectivity index (χ3n) is 4.43. The summed E-state index contributed by atoms with van der Waals surface area (Å²) in [5, 5.41) is 0.474. The van der Waals surface area contributed by atoms with Gasteiger partial charge in [-0.3, -0.25) is 4.79 Å². The summed E-state index contributed by atoms with van der Waals surface area (Å²) in [4.78, 5) is 25.9. The Hall–Kier alpha value is -2.73. The van der Waals surface area contributed by atoms with E-state index in [2.05, 4.69) is 0 Å². The minimum atomic E-state index is -0.553. The number of hydrogen-bond donors (Lipinski definition) is 0. The summed E-state index contributed by atoms with van der Waals surface area (Å²) in [5.41, 5.74) is 2.26. The average Bonchev–Trinajstić information content (AvgIpc) is 3.28. The first-order valence-electron chi connectivity index (χ1n) is 8.76. The highest BCUT2D eigenvalue weighted by Gasteiger charge is 2.30. The van der Waals surface area contributed by atoms with Gasteiger partial charge in [0.15, 0.2) is 0 Å². The molecule has 0 spiro atoms. The van der Waals surface area contributed by atoms with Gasteiger partial charge in [-0.1, -0.05) is 36.4 Å². The van der Waals surface area contributed by atoms with E-state index in [1.165, 1.54) is 11.8 Å². The summed E-state index contributed by atoms with van der Waals surface area (Å²) < 4.78 is 16.3. The molecule has 1 aliphatic rings. The fourth-order valence-corrected chi connectivity index (χ4v) is 4.35. The molecule has 0 unspecified atom stereocenters. The Balaban J connectivity index is 1.52. The summed E-state index contributed by atoms with van der Waals surface area (Å²) in [6, 6.07) is 15.2. The van der Waals surface area contributed by atoms with Gasteiger partial charge in [0.2, 0.25) is 5.76 Å². The molecule has 27 heavy (non-hydrogen) atoms. The molecule has 2 aromatic carbocycles. The highest BCUT2D eigenvalue weighted by atomic mass is 32.2. The SMILES string of the molecule is CCOC(=O)c1oc2ccccc2c1COC(=O)[C@@H]1Cc2ccccc2S1. The normalized spacial score (nSPS) is 15.5. The molecule has 1 atom stereocenters. The lowest BCUT2D eigenvalue weighted by molar-refractivity contribution is -0.144. The van der Waals surface area contributed by atoms with Crippen molar-refractivity contribution in [3.8, 4) is 0 Å². The molecule has 0 fully saturated rings. The van der Waals surface area contributed by atoms with Gasteiger partial charge < -0.3 is 13.9 Å². The average molecular weight is 382 g/mol. The van der Waals surface area contributed by atoms with Crippen LogP contribution in [0.25, 0.3) is 11.0 Å². The Morgan fingerprint density at radius 2 is 1.89 bits per heavy atom. The van der Waals surface area contributed by atoms with Crippen molar-refractivity contribution in [3.05, 3.63) is 65.4 Å². The number of para-hydroxylation sites is 1. The van der Waals surface area contributed by atoms with Crippen molar-refractivity contribution in [1.29, 1.82) is 0 Å². The second-order valence-corrected chi connectivity index (χ2v) is 7.40. The van der Waals surface area contributed by atoms with E-state index in [-0.39, 0.29) is 30.2 Å². The predicted molar refractivity (Wildman–Crippen MR) is 102 cm³/mol. The van der Waals surface area contributed by atoms with Crippen molar-refractivity contribution in [1.82, 2.24) is 0 Å². The van der Waals surface area contributed by atoms with Crippen LogP contribution < -0.4 is 0 Å². The standard InChI is InChI=1S/C21H18O5S/c1-2-24-21(23)19-15(14-8-4-5-9-16(14)26-19)12-25-20(22)18-11-13-7-3-6-10-17(13)27-18/h3-10,18H,2,11-12H2,1H3/t18-/m0/s1. The van der Waals surface area contributed by atoms with Crippen LogP contribution in [0.3, 0.4) is 0 Å². The number of ether oxygens (including phenoxy) is 2. The third kappa shape index (κ3) is 3.45. The van der Waals surface area contributed by atoms with Gasteiger partial charge in [0.05, 0.1) is 12.2 Å². The van der Waals surface area contributed by atoms with Gasteiger partial charge in [0, 0.05) is 10.3 Å². The summed E-state index contributed by atoms with van der Waals surface area (Å²) in [7, 11) is 0. The van der Waals surface area contributed by atoms with Gasteiger partial charge in [-0.05, 0) is 31.0 Å². The van der Waals surface area contributed by atoms with E-state index in [4.69, 9.17) is 13.9 Å². The molecule has 0 saturated carbocycles. The Kier molecular flexibility index (Phi) is 4.90. The molecule has 0 radical (unpaired) electrons. The first kappa shape index (κ1) is 17.7. The Bertz CT molecular complexity index is 982. The number of fused-ring (bicyclic) bond motifs is 2. The Labute approximate surface area is 160 Å². The maximum atomic E-state index is 12.6. The summed E-state index contributed by atoms with van der Waals surface area (Å²) in [6.07, 6.45) is 0.649. The molecule has 2 heterocycles. The van der Waals surface area contributed by atoms with Gasteiger partial charge in [-0.25, -0.2) is 4.79 Å². The van der Waals surface area contributed by atoms with E-state index in [0.29, 0.717) is 17.6 Å². The molecule has 0 saturated heterocycles. The van der Waals surface area contributed by atoms with E-state index < -0.39 is 5.97 Å². The fraction of sp³-hybridized carbons (Fsp3) is 0.238. The van der Waals surface area contributed by atoms with Crippen LogP contribution >= 0.6 is 11.8 Å². The van der Waals surface area contributed by atoms with Crippen LogP contribution in [-0.4, -0.2) is 23.8 Å². The number of carbonyl (C=O) groups is 2. The largest absolute Gasteiger partial charge is 0.460 e. The summed E-state index contributed by atoms with van der Waals surface area (Å²) >= 11 is 1.51. The Morgan fingerprint density at radius 1 is 1.11 bits per heavy atom. The van der Waals surface area contributed by atoms with Gasteiger partial charge in [0.1, 0.15) is 17.4 Å². The minimum absolute atomic E-state index is 0.0304. The molecule has 0 aliphatic carbocycles. The first-order valence-corrected chi connectivity index (χ1v) is 9.64. The lowest BCUT2D eigenvalue weighted by Gasteiger charge is -2.09. The Morgan fingerprint density at radius 3 is 2.70 bits per heavy atom. The van der Waals surface area contributed by atoms with Crippen molar-refractivity contribution in [3.63, 3.8) is 0 Å². The zero-order valence-electron chi connectivity index (χ0n) is 14.8. The number of hydrogen-bond acceptors (Lipinski definition) is 6. The summed E-state index contributed by atoms with van der Waals surface area (Å²) in [5.74, 6) is -0.758. The molecule has 1 aromatic heterocycles. The molecule has 5 nitrogen and oxygen atoms in total. The molecule has 3 aromatic rings. The monoisotopic (exact) mass is 382 g/mol. The number of carbonyl (C=O) groups excluding carboxylic acids is 2. The van der Waals surface area contributed by atoms with Crippen LogP contribution in [0, 0.1) is 0 Å². The quantitative estimate of drug-likeness (QED) is 0.611. The highest BCUT2D eigenvalue weighted by molar-refractivity contribution is 8.01.